The third-order valence-corrected chi connectivity index (χ3v) is 4.42. The predicted molar refractivity (Wildman–Crippen MR) is 115 cm³/mol. The number of anilines is 1. The van der Waals surface area contributed by atoms with Gasteiger partial charge in [0.2, 0.25) is 6.19 Å². The second-order valence-corrected chi connectivity index (χ2v) is 8.06. The van der Waals surface area contributed by atoms with Crippen LogP contribution in [0.1, 0.15) is 27.2 Å². The summed E-state index contributed by atoms with van der Waals surface area (Å²) in [7, 11) is 0. The fourth-order valence-corrected chi connectivity index (χ4v) is 2.99. The van der Waals surface area contributed by atoms with Crippen molar-refractivity contribution in [3.8, 4) is 17.7 Å². The minimum atomic E-state index is -0.517. The van der Waals surface area contributed by atoms with Crippen molar-refractivity contribution in [1.82, 2.24) is 4.90 Å². The number of ether oxygens (including phenoxy) is 2. The minimum Gasteiger partial charge on any atom is -0.457 e. The maximum absolute atomic E-state index is 12.2. The third-order valence-electron chi connectivity index (χ3n) is 4.42. The van der Waals surface area contributed by atoms with Gasteiger partial charge in [0, 0.05) is 25.2 Å². The summed E-state index contributed by atoms with van der Waals surface area (Å²) in [6.45, 7) is 6.69. The molecule has 1 aliphatic heterocycles. The summed E-state index contributed by atoms with van der Waals surface area (Å²) in [6, 6.07) is 16.6. The maximum atomic E-state index is 12.2. The number of nitrogens with zero attached hydrogens (tertiary/aromatic N) is 4. The summed E-state index contributed by atoms with van der Waals surface area (Å²) in [5.41, 5.74) is 0.119. The Labute approximate surface area is 177 Å². The molecule has 1 amide bonds. The van der Waals surface area contributed by atoms with Gasteiger partial charge in [-0.05, 0) is 63.6 Å². The molecule has 2 aromatic carbocycles. The number of benzene rings is 2. The van der Waals surface area contributed by atoms with Crippen LogP contribution >= 0.6 is 0 Å². The highest BCUT2D eigenvalue weighted by atomic mass is 16.6. The van der Waals surface area contributed by atoms with E-state index in [1.54, 1.807) is 35.4 Å². The number of carbonyl (C=O) groups excluding carboxylic acids is 1. The first-order valence-electron chi connectivity index (χ1n) is 9.89. The van der Waals surface area contributed by atoms with E-state index in [0.29, 0.717) is 24.5 Å². The summed E-state index contributed by atoms with van der Waals surface area (Å²) in [5, 5.41) is 15.0. The van der Waals surface area contributed by atoms with Crippen LogP contribution in [-0.4, -0.2) is 35.9 Å². The van der Waals surface area contributed by atoms with Gasteiger partial charge >= 0.3 is 6.09 Å². The van der Waals surface area contributed by atoms with E-state index in [4.69, 9.17) is 9.47 Å². The van der Waals surface area contributed by atoms with Crippen molar-refractivity contribution >= 4 is 18.0 Å². The molecule has 0 N–H and O–H groups in total. The van der Waals surface area contributed by atoms with Gasteiger partial charge in [0.1, 0.15) is 17.1 Å². The fraction of sp³-hybridized carbons (Fsp3) is 0.348. The second kappa shape index (κ2) is 9.31. The molecule has 7 nitrogen and oxygen atoms in total. The number of nitriles is 1. The molecule has 2 aromatic rings. The van der Waals surface area contributed by atoms with Crippen LogP contribution in [0.4, 0.5) is 10.5 Å². The Kier molecular flexibility index (Phi) is 6.58. The Bertz CT molecular complexity index is 914. The zero-order valence-electron chi connectivity index (χ0n) is 17.5. The number of rotatable bonds is 5. The number of hydrogen-bond donors (Lipinski definition) is 0. The summed E-state index contributed by atoms with van der Waals surface area (Å²) in [6.07, 6.45) is 4.26. The van der Waals surface area contributed by atoms with Crippen molar-refractivity contribution in [2.24, 2.45) is 11.0 Å². The smallest absolute Gasteiger partial charge is 0.410 e. The Hall–Kier alpha value is -3.53. The summed E-state index contributed by atoms with van der Waals surface area (Å²) < 4.78 is 11.2. The highest BCUT2D eigenvalue weighted by Crippen LogP contribution is 2.25. The Morgan fingerprint density at radius 1 is 1.17 bits per heavy atom. The van der Waals surface area contributed by atoms with E-state index >= 15 is 0 Å². The molecule has 7 heteroatoms. The molecule has 3 rings (SSSR count). The summed E-state index contributed by atoms with van der Waals surface area (Å²) in [4.78, 5) is 13.8. The average Bonchev–Trinajstić information content (AvgIpc) is 3.18. The fourth-order valence-electron chi connectivity index (χ4n) is 2.99. The molecule has 156 valence electrons. The first-order valence-corrected chi connectivity index (χ1v) is 9.89. The minimum absolute atomic E-state index is 0.0778. The van der Waals surface area contributed by atoms with Crippen LogP contribution in [-0.2, 0) is 4.74 Å². The normalized spacial score (nSPS) is 16.3. The lowest BCUT2D eigenvalue weighted by Gasteiger charge is -2.24. The van der Waals surface area contributed by atoms with Gasteiger partial charge in [0.25, 0.3) is 0 Å². The van der Waals surface area contributed by atoms with Gasteiger partial charge in [0.05, 0.1) is 5.69 Å². The van der Waals surface area contributed by atoms with Crippen molar-refractivity contribution in [3.05, 3.63) is 54.6 Å². The van der Waals surface area contributed by atoms with Crippen molar-refractivity contribution < 1.29 is 14.3 Å². The molecule has 1 saturated heterocycles. The van der Waals surface area contributed by atoms with Gasteiger partial charge in [0.15, 0.2) is 0 Å². The van der Waals surface area contributed by atoms with Gasteiger partial charge in [-0.1, -0.05) is 18.2 Å². The lowest BCUT2D eigenvalue weighted by atomic mass is 10.1. The zero-order chi connectivity index (χ0) is 21.6. The van der Waals surface area contributed by atoms with Crippen LogP contribution in [0.15, 0.2) is 59.7 Å². The molecule has 1 fully saturated rings. The van der Waals surface area contributed by atoms with Crippen LogP contribution < -0.4 is 9.75 Å². The van der Waals surface area contributed by atoms with Crippen molar-refractivity contribution in [3.63, 3.8) is 0 Å². The van der Waals surface area contributed by atoms with E-state index < -0.39 is 5.60 Å². The standard InChI is InChI=1S/C23H26N4O3/c1-23(2,3)30-22(28)26-14-13-18(16-26)15-25-27(17-24)19-9-11-21(12-10-19)29-20-7-5-4-6-8-20/h4-12,15,18H,13-14,16H2,1-3H3/b25-15+. The van der Waals surface area contributed by atoms with E-state index in [0.717, 1.165) is 12.2 Å². The first kappa shape index (κ1) is 21.2. The van der Waals surface area contributed by atoms with E-state index in [-0.39, 0.29) is 12.0 Å². The first-order chi connectivity index (χ1) is 14.3. The number of hydrogen-bond acceptors (Lipinski definition) is 6. The van der Waals surface area contributed by atoms with Crippen LogP contribution in [0.2, 0.25) is 0 Å². The van der Waals surface area contributed by atoms with Crippen LogP contribution in [0.5, 0.6) is 11.5 Å². The van der Waals surface area contributed by atoms with Crippen LogP contribution in [0, 0.1) is 17.4 Å². The number of hydrazone groups is 1. The second-order valence-electron chi connectivity index (χ2n) is 8.06. The highest BCUT2D eigenvalue weighted by molar-refractivity contribution is 5.71. The molecule has 0 aromatic heterocycles. The van der Waals surface area contributed by atoms with E-state index in [9.17, 15) is 10.1 Å². The van der Waals surface area contributed by atoms with Gasteiger partial charge in [-0.3, -0.25) is 0 Å². The average molecular weight is 406 g/mol. The monoisotopic (exact) mass is 406 g/mol. The van der Waals surface area contributed by atoms with Gasteiger partial charge in [-0.2, -0.15) is 15.4 Å². The van der Waals surface area contributed by atoms with Crippen molar-refractivity contribution in [1.29, 1.82) is 5.26 Å². The number of likely N-dealkylation sites (tertiary alicyclic amines) is 1. The Morgan fingerprint density at radius 3 is 2.47 bits per heavy atom. The molecule has 1 heterocycles. The number of amides is 1. The molecule has 0 saturated carbocycles. The van der Waals surface area contributed by atoms with Crippen molar-refractivity contribution in [2.45, 2.75) is 32.8 Å². The zero-order valence-corrected chi connectivity index (χ0v) is 17.5. The van der Waals surface area contributed by atoms with Crippen molar-refractivity contribution in [2.75, 3.05) is 18.1 Å². The molecule has 0 bridgehead atoms. The summed E-state index contributed by atoms with van der Waals surface area (Å²) in [5.74, 6) is 1.50. The molecule has 1 aliphatic rings. The molecule has 1 unspecified atom stereocenters. The van der Waals surface area contributed by atoms with Gasteiger partial charge in [-0.25, -0.2) is 4.79 Å². The number of carbonyl (C=O) groups is 1. The quantitative estimate of drug-likeness (QED) is 0.302. The lowest BCUT2D eigenvalue weighted by molar-refractivity contribution is 0.0292. The lowest BCUT2D eigenvalue weighted by Crippen LogP contribution is -2.35. The van der Waals surface area contributed by atoms with Gasteiger partial charge < -0.3 is 14.4 Å². The molecular formula is C23H26N4O3. The highest BCUT2D eigenvalue weighted by Gasteiger charge is 2.29. The Morgan fingerprint density at radius 2 is 1.83 bits per heavy atom. The molecule has 0 radical (unpaired) electrons. The van der Waals surface area contributed by atoms with E-state index in [2.05, 4.69) is 11.3 Å². The maximum Gasteiger partial charge on any atom is 0.410 e. The SMILES string of the molecule is CC(C)(C)OC(=O)N1CCC(/C=N/N(C#N)c2ccc(Oc3ccccc3)cc2)C1. The largest absolute Gasteiger partial charge is 0.457 e. The molecule has 1 atom stereocenters. The van der Waals surface area contributed by atoms with Crippen LogP contribution in [0.25, 0.3) is 0 Å². The van der Waals surface area contributed by atoms with E-state index in [1.165, 1.54) is 5.01 Å². The van der Waals surface area contributed by atoms with Gasteiger partial charge in [-0.15, -0.1) is 0 Å². The molecule has 0 spiro atoms. The number of para-hydroxylation sites is 1. The third kappa shape index (κ3) is 5.98. The summed E-state index contributed by atoms with van der Waals surface area (Å²) >= 11 is 0. The topological polar surface area (TPSA) is 78.2 Å². The molecular weight excluding hydrogens is 380 g/mol. The van der Waals surface area contributed by atoms with E-state index in [1.807, 2.05) is 51.1 Å². The predicted octanol–water partition coefficient (Wildman–Crippen LogP) is 5.01. The molecule has 0 aliphatic carbocycles. The van der Waals surface area contributed by atoms with Crippen LogP contribution in [0.3, 0.4) is 0 Å². The molecule has 30 heavy (non-hydrogen) atoms. The Balaban J connectivity index is 1.57.